The van der Waals surface area contributed by atoms with Crippen molar-refractivity contribution in [2.45, 2.75) is 0 Å². The molecule has 0 heterocycles. The molecule has 0 aromatic carbocycles. The molecule has 8 heavy (non-hydrogen) atoms. The summed E-state index contributed by atoms with van der Waals surface area (Å²) in [5, 5.41) is 0. The van der Waals surface area contributed by atoms with E-state index in [0.717, 1.165) is 0 Å². The first-order valence-corrected chi connectivity index (χ1v) is 11.1. The minimum Gasteiger partial charge on any atom is -0.0499 e. The third kappa shape index (κ3) is 3.48. The lowest BCUT2D eigenvalue weighted by Crippen LogP contribution is -1.45. The number of hydrogen-bond acceptors (Lipinski definition) is 0. The van der Waals surface area contributed by atoms with E-state index >= 15 is 0 Å². The molecule has 3 unspecified atom stereocenters. The van der Waals surface area contributed by atoms with Crippen LogP contribution in [0.1, 0.15) is 0 Å². The molecule has 0 aliphatic heterocycles. The van der Waals surface area contributed by atoms with Crippen LogP contribution in [0.2, 0.25) is 0 Å². The van der Waals surface area contributed by atoms with Gasteiger partial charge in [0.25, 0.3) is 0 Å². The number of hydrogen-bond donors (Lipinski definition) is 0. The maximum Gasteiger partial charge on any atom is 0.134 e. The molecule has 0 aliphatic carbocycles. The summed E-state index contributed by atoms with van der Waals surface area (Å²) in [6.07, 6.45) is 0. The van der Waals surface area contributed by atoms with Gasteiger partial charge in [-0.25, -0.2) is 0 Å². The van der Waals surface area contributed by atoms with Crippen molar-refractivity contribution in [1.82, 2.24) is 0 Å². The summed E-state index contributed by atoms with van der Waals surface area (Å²) in [6.45, 7) is 9.86. The van der Waals surface area contributed by atoms with Crippen LogP contribution in [-0.2, 0) is 0 Å². The first kappa shape index (κ1) is 9.46. The van der Waals surface area contributed by atoms with Crippen LogP contribution in [0.5, 0.6) is 0 Å². The van der Waals surface area contributed by atoms with Gasteiger partial charge in [-0.1, -0.05) is 0 Å². The Bertz CT molecular complexity index is 88.0. The van der Waals surface area contributed by atoms with E-state index in [1.165, 1.54) is 8.27 Å². The van der Waals surface area contributed by atoms with E-state index in [9.17, 15) is 0 Å². The SMILES string of the molecule is CP=[P+](C)P(C)PC. The Labute approximate surface area is 57.5 Å². The predicted octanol–water partition coefficient (Wildman–Crippen LogP) is 3.84. The molecular formula is C4H13P4+. The van der Waals surface area contributed by atoms with E-state index in [0.29, 0.717) is 14.2 Å². The van der Waals surface area contributed by atoms with Gasteiger partial charge in [0.2, 0.25) is 0 Å². The van der Waals surface area contributed by atoms with Crippen LogP contribution in [0.4, 0.5) is 0 Å². The van der Waals surface area contributed by atoms with Gasteiger partial charge in [-0.3, -0.25) is 0 Å². The Morgan fingerprint density at radius 2 is 2.12 bits per heavy atom. The third-order valence-corrected chi connectivity index (χ3v) is 19.5. The van der Waals surface area contributed by atoms with E-state index in [1.54, 1.807) is 7.87 Å². The molecule has 0 bridgehead atoms. The minimum atomic E-state index is 0.410. The zero-order valence-corrected chi connectivity index (χ0v) is 9.52. The van der Waals surface area contributed by atoms with Crippen molar-refractivity contribution in [3.63, 3.8) is 0 Å². The molecule has 0 spiro atoms. The second kappa shape index (κ2) is 5.26. The molecule has 0 saturated carbocycles. The molecule has 0 nitrogen and oxygen atoms in total. The van der Waals surface area contributed by atoms with Gasteiger partial charge in [0.05, 0.1) is 0 Å². The van der Waals surface area contributed by atoms with Crippen LogP contribution in [0.3, 0.4) is 0 Å². The largest absolute Gasteiger partial charge is 0.134 e. The van der Waals surface area contributed by atoms with Gasteiger partial charge in [-0.2, -0.15) is 0 Å². The fourth-order valence-corrected chi connectivity index (χ4v) is 12.4. The second-order valence-corrected chi connectivity index (χ2v) is 16.3. The molecule has 3 atom stereocenters. The van der Waals surface area contributed by atoms with E-state index in [-0.39, 0.29) is 0 Å². The van der Waals surface area contributed by atoms with Crippen LogP contribution < -0.4 is 0 Å². The van der Waals surface area contributed by atoms with Gasteiger partial charge in [0.1, 0.15) is 28.7 Å². The van der Waals surface area contributed by atoms with Crippen LogP contribution >= 0.6 is 30.3 Å². The topological polar surface area (TPSA) is 0 Å². The van der Waals surface area contributed by atoms with Crippen LogP contribution in [0, 0.1) is 0 Å². The summed E-state index contributed by atoms with van der Waals surface area (Å²) in [4.78, 5) is 0. The fraction of sp³-hybridized carbons (Fsp3) is 1.00. The Morgan fingerprint density at radius 1 is 1.62 bits per heavy atom. The Morgan fingerprint density at radius 3 is 2.25 bits per heavy atom. The maximum absolute atomic E-state index is 2.43. The highest BCUT2D eigenvalue weighted by Gasteiger charge is 2.10. The molecule has 0 N–H and O–H groups in total. The lowest BCUT2D eigenvalue weighted by molar-refractivity contribution is 2.42. The first-order valence-electron chi connectivity index (χ1n) is 2.47. The van der Waals surface area contributed by atoms with Gasteiger partial charge in [-0.05, 0) is 14.9 Å². The molecule has 0 aliphatic rings. The van der Waals surface area contributed by atoms with Gasteiger partial charge in [-0.15, -0.1) is 0 Å². The van der Waals surface area contributed by atoms with Crippen molar-refractivity contribution in [1.29, 1.82) is 0 Å². The first-order chi connectivity index (χ1) is 3.72. The molecular weight excluding hydrogens is 172 g/mol. The quantitative estimate of drug-likeness (QED) is 0.573. The number of rotatable bonds is 2. The third-order valence-electron chi connectivity index (χ3n) is 1.05. The molecule has 4 heteroatoms. The van der Waals surface area contributed by atoms with Crippen LogP contribution in [-0.4, -0.2) is 26.7 Å². The van der Waals surface area contributed by atoms with Crippen molar-refractivity contribution >= 4 is 30.3 Å². The van der Waals surface area contributed by atoms with Gasteiger partial charge < -0.3 is 0 Å². The lowest BCUT2D eigenvalue weighted by Gasteiger charge is -1.93. The second-order valence-electron chi connectivity index (χ2n) is 1.44. The zero-order chi connectivity index (χ0) is 6.57. The van der Waals surface area contributed by atoms with Crippen molar-refractivity contribution in [2.75, 3.05) is 26.7 Å². The zero-order valence-electron chi connectivity index (χ0n) is 5.84. The highest BCUT2D eigenvalue weighted by atomic mass is 32.5. The highest BCUT2D eigenvalue weighted by Crippen LogP contribution is 2.72. The maximum atomic E-state index is 2.43. The molecule has 0 radical (unpaired) electrons. The molecule has 0 rings (SSSR count). The summed E-state index contributed by atoms with van der Waals surface area (Å²) in [5.74, 6) is 0. The van der Waals surface area contributed by atoms with Crippen LogP contribution in [0.25, 0.3) is 0 Å². The van der Waals surface area contributed by atoms with Gasteiger partial charge in [0.15, 0.2) is 0 Å². The summed E-state index contributed by atoms with van der Waals surface area (Å²) in [7, 11) is 3.28. The standard InChI is InChI=1S/C4H13P4/c1-5-7(3)8(4)6-2/h5H,1-4H3/q+1. The molecule has 48 valence electrons. The van der Waals surface area contributed by atoms with Gasteiger partial charge >= 0.3 is 0 Å². The van der Waals surface area contributed by atoms with Crippen molar-refractivity contribution in [3.05, 3.63) is 0 Å². The molecule has 0 aromatic rings. The average Bonchev–Trinajstić information content (AvgIpc) is 1.84. The summed E-state index contributed by atoms with van der Waals surface area (Å²) < 4.78 is 0. The van der Waals surface area contributed by atoms with Crippen molar-refractivity contribution in [3.8, 4) is 0 Å². The summed E-state index contributed by atoms with van der Waals surface area (Å²) in [6, 6.07) is 0. The van der Waals surface area contributed by atoms with Gasteiger partial charge in [0, 0.05) is 13.3 Å². The molecule has 0 saturated heterocycles. The molecule has 0 fully saturated rings. The smallest absolute Gasteiger partial charge is 0.0499 e. The molecule has 0 amide bonds. The van der Waals surface area contributed by atoms with Crippen molar-refractivity contribution < 1.29 is 0 Å². The Balaban J connectivity index is 3.63. The Hall–Kier alpha value is 1.46. The molecule has 0 aromatic heterocycles. The van der Waals surface area contributed by atoms with E-state index in [2.05, 4.69) is 26.7 Å². The van der Waals surface area contributed by atoms with Crippen LogP contribution in [0.15, 0.2) is 0 Å². The average molecular weight is 185 g/mol. The predicted molar refractivity (Wildman–Crippen MR) is 52.8 cm³/mol. The fourth-order valence-electron chi connectivity index (χ4n) is 0.279. The van der Waals surface area contributed by atoms with E-state index < -0.39 is 0 Å². The van der Waals surface area contributed by atoms with E-state index in [4.69, 9.17) is 0 Å². The highest BCUT2D eigenvalue weighted by molar-refractivity contribution is 8.60. The lowest BCUT2D eigenvalue weighted by atomic mass is 12.0. The summed E-state index contributed by atoms with van der Waals surface area (Å²) in [5.41, 5.74) is 0. The van der Waals surface area contributed by atoms with E-state index in [1.807, 2.05) is 0 Å². The summed E-state index contributed by atoms with van der Waals surface area (Å²) >= 11 is 0. The normalized spacial score (nSPS) is 17.8. The Kier molecular flexibility index (Phi) is 6.22. The van der Waals surface area contributed by atoms with Crippen molar-refractivity contribution in [2.24, 2.45) is 0 Å². The monoisotopic (exact) mass is 185 g/mol. The minimum absolute atomic E-state index is 0.410.